The van der Waals surface area contributed by atoms with Crippen LogP contribution in [0.4, 0.5) is 0 Å². The molecule has 0 atom stereocenters. The van der Waals surface area contributed by atoms with Gasteiger partial charge >= 0.3 is 5.97 Å². The average Bonchev–Trinajstić information content (AvgIpc) is 2.70. The summed E-state index contributed by atoms with van der Waals surface area (Å²) >= 11 is 1.66. The van der Waals surface area contributed by atoms with Crippen molar-refractivity contribution in [1.82, 2.24) is 0 Å². The third-order valence-electron chi connectivity index (χ3n) is 2.74. The molecule has 0 radical (unpaired) electrons. The minimum Gasteiger partial charge on any atom is -0.466 e. The molecule has 4 heteroatoms. The van der Waals surface area contributed by atoms with Gasteiger partial charge < -0.3 is 4.74 Å². The van der Waals surface area contributed by atoms with Crippen LogP contribution in [0.25, 0.3) is 0 Å². The zero-order chi connectivity index (χ0) is 11.8. The molecule has 0 heterocycles. The summed E-state index contributed by atoms with van der Waals surface area (Å²) in [5, 5.41) is 0. The SMILES string of the molecule is CCOC(=O)CC(=O)CSCC1CCCC1. The zero-order valence-corrected chi connectivity index (χ0v) is 10.7. The Kier molecular flexibility index (Phi) is 6.53. The molecular formula is C12H20O3S. The molecule has 0 aromatic rings. The topological polar surface area (TPSA) is 43.4 Å². The summed E-state index contributed by atoms with van der Waals surface area (Å²) in [6.07, 6.45) is 5.22. The molecule has 1 fully saturated rings. The predicted octanol–water partition coefficient (Wildman–Crippen LogP) is 2.43. The van der Waals surface area contributed by atoms with E-state index >= 15 is 0 Å². The Morgan fingerprint density at radius 1 is 1.31 bits per heavy atom. The molecule has 1 aliphatic rings. The van der Waals surface area contributed by atoms with Gasteiger partial charge in [0.15, 0.2) is 5.78 Å². The van der Waals surface area contributed by atoms with E-state index in [0.717, 1.165) is 11.7 Å². The Balaban J connectivity index is 2.03. The van der Waals surface area contributed by atoms with Gasteiger partial charge in [0.2, 0.25) is 0 Å². The summed E-state index contributed by atoms with van der Waals surface area (Å²) in [6.45, 7) is 2.10. The summed E-state index contributed by atoms with van der Waals surface area (Å²) in [5.41, 5.74) is 0. The fourth-order valence-corrected chi connectivity index (χ4v) is 3.05. The number of carbonyl (C=O) groups excluding carboxylic acids is 2. The molecule has 0 spiro atoms. The summed E-state index contributed by atoms with van der Waals surface area (Å²) in [6, 6.07) is 0. The molecule has 0 aromatic carbocycles. The van der Waals surface area contributed by atoms with Crippen molar-refractivity contribution in [1.29, 1.82) is 0 Å². The molecule has 1 rings (SSSR count). The highest BCUT2D eigenvalue weighted by molar-refractivity contribution is 7.99. The molecule has 0 saturated heterocycles. The van der Waals surface area contributed by atoms with Crippen LogP contribution in [0.3, 0.4) is 0 Å². The van der Waals surface area contributed by atoms with Gasteiger partial charge in [-0.25, -0.2) is 0 Å². The zero-order valence-electron chi connectivity index (χ0n) is 9.87. The van der Waals surface area contributed by atoms with Gasteiger partial charge in [-0.05, 0) is 31.4 Å². The average molecular weight is 244 g/mol. The Labute approximate surface area is 101 Å². The van der Waals surface area contributed by atoms with Gasteiger partial charge in [-0.1, -0.05) is 12.8 Å². The van der Waals surface area contributed by atoms with Gasteiger partial charge in [0.1, 0.15) is 6.42 Å². The lowest BCUT2D eigenvalue weighted by Gasteiger charge is -2.07. The standard InChI is InChI=1S/C12H20O3S/c1-2-15-12(14)7-11(13)9-16-8-10-5-3-4-6-10/h10H,2-9H2,1H3. The van der Waals surface area contributed by atoms with Crippen LogP contribution in [0, 0.1) is 5.92 Å². The van der Waals surface area contributed by atoms with E-state index in [1.165, 1.54) is 25.7 Å². The first-order chi connectivity index (χ1) is 7.72. The normalized spacial score (nSPS) is 16.3. The van der Waals surface area contributed by atoms with E-state index in [9.17, 15) is 9.59 Å². The van der Waals surface area contributed by atoms with E-state index < -0.39 is 5.97 Å². The molecule has 0 unspecified atom stereocenters. The first kappa shape index (κ1) is 13.6. The quantitative estimate of drug-likeness (QED) is 0.509. The van der Waals surface area contributed by atoms with Crippen molar-refractivity contribution in [2.45, 2.75) is 39.0 Å². The van der Waals surface area contributed by atoms with Crippen molar-refractivity contribution >= 4 is 23.5 Å². The van der Waals surface area contributed by atoms with Crippen molar-refractivity contribution in [2.24, 2.45) is 5.92 Å². The molecule has 92 valence electrons. The van der Waals surface area contributed by atoms with Crippen molar-refractivity contribution in [2.75, 3.05) is 18.1 Å². The number of esters is 1. The third kappa shape index (κ3) is 5.54. The number of hydrogen-bond acceptors (Lipinski definition) is 4. The molecule has 16 heavy (non-hydrogen) atoms. The van der Waals surface area contributed by atoms with Crippen LogP contribution < -0.4 is 0 Å². The summed E-state index contributed by atoms with van der Waals surface area (Å²) < 4.78 is 4.72. The van der Waals surface area contributed by atoms with E-state index in [1.807, 2.05) is 0 Å². The molecule has 1 aliphatic carbocycles. The van der Waals surface area contributed by atoms with Crippen molar-refractivity contribution < 1.29 is 14.3 Å². The lowest BCUT2D eigenvalue weighted by molar-refractivity contribution is -0.145. The Morgan fingerprint density at radius 3 is 2.62 bits per heavy atom. The third-order valence-corrected chi connectivity index (χ3v) is 3.97. The Bertz CT molecular complexity index is 234. The van der Waals surface area contributed by atoms with Crippen LogP contribution in [0.1, 0.15) is 39.0 Å². The second kappa shape index (κ2) is 7.71. The molecule has 0 bridgehead atoms. The maximum atomic E-state index is 11.4. The van der Waals surface area contributed by atoms with Gasteiger partial charge in [0.25, 0.3) is 0 Å². The highest BCUT2D eigenvalue weighted by atomic mass is 32.2. The lowest BCUT2D eigenvalue weighted by Crippen LogP contribution is -2.13. The van der Waals surface area contributed by atoms with E-state index in [1.54, 1.807) is 18.7 Å². The number of thioether (sulfide) groups is 1. The molecule has 3 nitrogen and oxygen atoms in total. The number of carbonyl (C=O) groups is 2. The molecule has 0 aliphatic heterocycles. The maximum Gasteiger partial charge on any atom is 0.313 e. The van der Waals surface area contributed by atoms with Gasteiger partial charge in [-0.2, -0.15) is 11.8 Å². The molecular weight excluding hydrogens is 224 g/mol. The molecule has 0 amide bonds. The molecule has 0 aromatic heterocycles. The van der Waals surface area contributed by atoms with E-state index in [0.29, 0.717) is 12.4 Å². The first-order valence-electron chi connectivity index (χ1n) is 5.97. The van der Waals surface area contributed by atoms with Gasteiger partial charge in [0, 0.05) is 0 Å². The van der Waals surface area contributed by atoms with Crippen LogP contribution >= 0.6 is 11.8 Å². The Morgan fingerprint density at radius 2 is 2.00 bits per heavy atom. The monoisotopic (exact) mass is 244 g/mol. The van der Waals surface area contributed by atoms with Crippen molar-refractivity contribution in [3.05, 3.63) is 0 Å². The number of hydrogen-bond donors (Lipinski definition) is 0. The van der Waals surface area contributed by atoms with Gasteiger partial charge in [-0.3, -0.25) is 9.59 Å². The predicted molar refractivity (Wildman–Crippen MR) is 65.5 cm³/mol. The van der Waals surface area contributed by atoms with Gasteiger partial charge in [0.05, 0.1) is 12.4 Å². The van der Waals surface area contributed by atoms with Crippen molar-refractivity contribution in [3.63, 3.8) is 0 Å². The highest BCUT2D eigenvalue weighted by Gasteiger charge is 2.16. The van der Waals surface area contributed by atoms with E-state index in [2.05, 4.69) is 0 Å². The summed E-state index contributed by atoms with van der Waals surface area (Å²) in [7, 11) is 0. The highest BCUT2D eigenvalue weighted by Crippen LogP contribution is 2.27. The van der Waals surface area contributed by atoms with Crippen LogP contribution in [0.5, 0.6) is 0 Å². The van der Waals surface area contributed by atoms with Crippen LogP contribution in [-0.2, 0) is 14.3 Å². The van der Waals surface area contributed by atoms with E-state index in [-0.39, 0.29) is 12.2 Å². The van der Waals surface area contributed by atoms with Gasteiger partial charge in [-0.15, -0.1) is 0 Å². The summed E-state index contributed by atoms with van der Waals surface area (Å²) in [5.74, 6) is 1.90. The second-order valence-electron chi connectivity index (χ2n) is 4.19. The fourth-order valence-electron chi connectivity index (χ4n) is 1.94. The van der Waals surface area contributed by atoms with Crippen LogP contribution in [0.15, 0.2) is 0 Å². The number of ketones is 1. The molecule has 0 N–H and O–H groups in total. The van der Waals surface area contributed by atoms with E-state index in [4.69, 9.17) is 4.74 Å². The summed E-state index contributed by atoms with van der Waals surface area (Å²) in [4.78, 5) is 22.4. The smallest absolute Gasteiger partial charge is 0.313 e. The Hall–Kier alpha value is -0.510. The lowest BCUT2D eigenvalue weighted by atomic mass is 10.1. The van der Waals surface area contributed by atoms with Crippen molar-refractivity contribution in [3.8, 4) is 0 Å². The minimum absolute atomic E-state index is 0.0125. The van der Waals surface area contributed by atoms with Crippen LogP contribution in [0.2, 0.25) is 0 Å². The molecule has 1 saturated carbocycles. The fraction of sp³-hybridized carbons (Fsp3) is 0.833. The first-order valence-corrected chi connectivity index (χ1v) is 7.13. The van der Waals surface area contributed by atoms with Crippen LogP contribution in [-0.4, -0.2) is 29.9 Å². The number of rotatable bonds is 7. The largest absolute Gasteiger partial charge is 0.466 e. The minimum atomic E-state index is -0.394. The number of Topliss-reactive ketones (excluding diaryl/α,β-unsaturated/α-hetero) is 1. The second-order valence-corrected chi connectivity index (χ2v) is 5.22. The maximum absolute atomic E-state index is 11.4. The number of ether oxygens (including phenoxy) is 1.